The SMILES string of the molecule is N#Cc1cccc(S(=O)(=O)N2CCC(O)(C(F)(F)F)CC2)c1. The highest BCUT2D eigenvalue weighted by molar-refractivity contribution is 7.89. The van der Waals surface area contributed by atoms with Crippen LogP contribution in [0, 0.1) is 11.3 Å². The quantitative estimate of drug-likeness (QED) is 0.891. The summed E-state index contributed by atoms with van der Waals surface area (Å²) in [4.78, 5) is -0.149. The van der Waals surface area contributed by atoms with Crippen LogP contribution in [0.15, 0.2) is 29.2 Å². The number of halogens is 3. The Balaban J connectivity index is 2.22. The number of hydrogen-bond donors (Lipinski definition) is 1. The molecule has 1 fully saturated rings. The first-order valence-electron chi connectivity index (χ1n) is 6.40. The van der Waals surface area contributed by atoms with Crippen LogP contribution in [0.25, 0.3) is 0 Å². The predicted molar refractivity (Wildman–Crippen MR) is 70.2 cm³/mol. The average molecular weight is 334 g/mol. The summed E-state index contributed by atoms with van der Waals surface area (Å²) in [5.74, 6) is 0. The van der Waals surface area contributed by atoms with E-state index < -0.39 is 47.7 Å². The number of nitriles is 1. The fourth-order valence-corrected chi connectivity index (χ4v) is 3.74. The Hall–Kier alpha value is -1.63. The van der Waals surface area contributed by atoms with E-state index in [2.05, 4.69) is 0 Å². The molecule has 1 N–H and O–H groups in total. The van der Waals surface area contributed by atoms with Gasteiger partial charge in [0.05, 0.1) is 16.5 Å². The van der Waals surface area contributed by atoms with Crippen molar-refractivity contribution in [3.8, 4) is 6.07 Å². The van der Waals surface area contributed by atoms with Crippen LogP contribution in [0.1, 0.15) is 18.4 Å². The molecule has 0 unspecified atom stereocenters. The maximum atomic E-state index is 12.7. The zero-order valence-electron chi connectivity index (χ0n) is 11.3. The van der Waals surface area contributed by atoms with Gasteiger partial charge in [-0.15, -0.1) is 0 Å². The lowest BCUT2D eigenvalue weighted by molar-refractivity contribution is -0.270. The molecule has 0 aliphatic carbocycles. The normalized spacial score (nSPS) is 19.6. The van der Waals surface area contributed by atoms with Gasteiger partial charge >= 0.3 is 6.18 Å². The standard InChI is InChI=1S/C13H13F3N2O3S/c14-13(15,16)12(19)4-6-18(7-5-12)22(20,21)11-3-1-2-10(8-11)9-17/h1-3,8,19H,4-7H2. The van der Waals surface area contributed by atoms with Gasteiger partial charge in [-0.1, -0.05) is 6.07 Å². The Kier molecular flexibility index (Phi) is 4.21. The Bertz CT molecular complexity index is 702. The Morgan fingerprint density at radius 3 is 2.36 bits per heavy atom. The monoisotopic (exact) mass is 334 g/mol. The fourth-order valence-electron chi connectivity index (χ4n) is 2.26. The van der Waals surface area contributed by atoms with Crippen LogP contribution >= 0.6 is 0 Å². The molecule has 1 heterocycles. The summed E-state index contributed by atoms with van der Waals surface area (Å²) in [6.07, 6.45) is -6.22. The van der Waals surface area contributed by atoms with Crippen LogP contribution in [-0.2, 0) is 10.0 Å². The molecule has 2 rings (SSSR count). The van der Waals surface area contributed by atoms with Crippen LogP contribution < -0.4 is 0 Å². The summed E-state index contributed by atoms with van der Waals surface area (Å²) in [6.45, 7) is -0.871. The van der Waals surface area contributed by atoms with Gasteiger partial charge < -0.3 is 5.11 Å². The average Bonchev–Trinajstić information content (AvgIpc) is 2.46. The lowest BCUT2D eigenvalue weighted by Crippen LogP contribution is -2.54. The van der Waals surface area contributed by atoms with Crippen molar-refractivity contribution >= 4 is 10.0 Å². The third-order valence-corrected chi connectivity index (χ3v) is 5.57. The second kappa shape index (κ2) is 5.53. The molecule has 1 aromatic rings. The number of rotatable bonds is 2. The molecule has 0 amide bonds. The highest BCUT2D eigenvalue weighted by Crippen LogP contribution is 2.39. The highest BCUT2D eigenvalue weighted by atomic mass is 32.2. The Morgan fingerprint density at radius 1 is 1.27 bits per heavy atom. The van der Waals surface area contributed by atoms with E-state index >= 15 is 0 Å². The zero-order chi connectivity index (χ0) is 16.6. The topological polar surface area (TPSA) is 81.4 Å². The van der Waals surface area contributed by atoms with Crippen molar-refractivity contribution in [1.29, 1.82) is 5.26 Å². The van der Waals surface area contributed by atoms with E-state index in [0.717, 1.165) is 4.31 Å². The summed E-state index contributed by atoms with van der Waals surface area (Å²) >= 11 is 0. The smallest absolute Gasteiger partial charge is 0.380 e. The lowest BCUT2D eigenvalue weighted by atomic mass is 9.92. The van der Waals surface area contributed by atoms with Crippen molar-refractivity contribution < 1.29 is 26.7 Å². The van der Waals surface area contributed by atoms with E-state index in [1.54, 1.807) is 6.07 Å². The Morgan fingerprint density at radius 2 is 1.86 bits per heavy atom. The number of alkyl halides is 3. The van der Waals surface area contributed by atoms with Crippen LogP contribution in [0.4, 0.5) is 13.2 Å². The molecule has 1 aliphatic rings. The highest BCUT2D eigenvalue weighted by Gasteiger charge is 2.55. The third kappa shape index (κ3) is 2.95. The first kappa shape index (κ1) is 16.7. The minimum Gasteiger partial charge on any atom is -0.380 e. The van der Waals surface area contributed by atoms with E-state index in [1.807, 2.05) is 0 Å². The van der Waals surface area contributed by atoms with E-state index in [4.69, 9.17) is 5.26 Å². The number of sulfonamides is 1. The molecule has 0 radical (unpaired) electrons. The maximum Gasteiger partial charge on any atom is 0.417 e. The molecule has 22 heavy (non-hydrogen) atoms. The van der Waals surface area contributed by atoms with E-state index in [-0.39, 0.29) is 10.5 Å². The van der Waals surface area contributed by atoms with Crippen molar-refractivity contribution in [3.63, 3.8) is 0 Å². The van der Waals surface area contributed by atoms with Gasteiger partial charge in [0, 0.05) is 13.1 Å². The summed E-state index contributed by atoms with van der Waals surface area (Å²) in [7, 11) is -3.99. The molecule has 0 aromatic heterocycles. The van der Waals surface area contributed by atoms with Gasteiger partial charge in [0.25, 0.3) is 0 Å². The molecule has 1 aromatic carbocycles. The number of benzene rings is 1. The minimum atomic E-state index is -4.79. The molecular formula is C13H13F3N2O3S. The van der Waals surface area contributed by atoms with Crippen molar-refractivity contribution in [2.45, 2.75) is 29.5 Å². The largest absolute Gasteiger partial charge is 0.417 e. The molecule has 5 nitrogen and oxygen atoms in total. The number of hydrogen-bond acceptors (Lipinski definition) is 4. The maximum absolute atomic E-state index is 12.7. The molecular weight excluding hydrogens is 321 g/mol. The second-order valence-corrected chi connectivity index (χ2v) is 7.01. The molecule has 0 spiro atoms. The van der Waals surface area contributed by atoms with E-state index in [9.17, 15) is 26.7 Å². The van der Waals surface area contributed by atoms with Crippen molar-refractivity contribution in [3.05, 3.63) is 29.8 Å². The minimum absolute atomic E-state index is 0.143. The second-order valence-electron chi connectivity index (χ2n) is 5.07. The van der Waals surface area contributed by atoms with Gasteiger partial charge in [0.15, 0.2) is 5.60 Å². The van der Waals surface area contributed by atoms with Crippen LogP contribution in [0.2, 0.25) is 0 Å². The third-order valence-electron chi connectivity index (χ3n) is 3.68. The molecule has 0 saturated carbocycles. The van der Waals surface area contributed by atoms with Crippen molar-refractivity contribution in [2.75, 3.05) is 13.1 Å². The molecule has 120 valence electrons. The summed E-state index contributed by atoms with van der Waals surface area (Å²) in [5, 5.41) is 18.3. The summed E-state index contributed by atoms with van der Waals surface area (Å²) < 4.78 is 63.8. The van der Waals surface area contributed by atoms with Gasteiger partial charge in [-0.25, -0.2) is 8.42 Å². The molecule has 0 bridgehead atoms. The molecule has 9 heteroatoms. The van der Waals surface area contributed by atoms with Crippen LogP contribution in [0.5, 0.6) is 0 Å². The Labute approximate surface area is 125 Å². The molecule has 1 aliphatic heterocycles. The van der Waals surface area contributed by atoms with Gasteiger partial charge in [0.1, 0.15) is 0 Å². The number of aliphatic hydroxyl groups is 1. The van der Waals surface area contributed by atoms with Gasteiger partial charge in [-0.2, -0.15) is 22.7 Å². The first-order valence-corrected chi connectivity index (χ1v) is 7.84. The van der Waals surface area contributed by atoms with Crippen molar-refractivity contribution in [2.24, 2.45) is 0 Å². The zero-order valence-corrected chi connectivity index (χ0v) is 12.2. The van der Waals surface area contributed by atoms with E-state index in [0.29, 0.717) is 0 Å². The fraction of sp³-hybridized carbons (Fsp3) is 0.462. The van der Waals surface area contributed by atoms with Gasteiger partial charge in [-0.3, -0.25) is 0 Å². The summed E-state index contributed by atoms with van der Waals surface area (Å²) in [6, 6.07) is 7.07. The van der Waals surface area contributed by atoms with Crippen molar-refractivity contribution in [1.82, 2.24) is 4.31 Å². The lowest BCUT2D eigenvalue weighted by Gasteiger charge is -2.38. The van der Waals surface area contributed by atoms with Crippen LogP contribution in [-0.4, -0.2) is 42.7 Å². The summed E-state index contributed by atoms with van der Waals surface area (Å²) in [5.41, 5.74) is -2.71. The molecule has 0 atom stereocenters. The molecule has 1 saturated heterocycles. The van der Waals surface area contributed by atoms with E-state index in [1.165, 1.54) is 24.3 Å². The van der Waals surface area contributed by atoms with Gasteiger partial charge in [0.2, 0.25) is 10.0 Å². The number of nitrogens with zero attached hydrogens (tertiary/aromatic N) is 2. The van der Waals surface area contributed by atoms with Gasteiger partial charge in [-0.05, 0) is 31.0 Å². The number of piperidine rings is 1. The predicted octanol–water partition coefficient (Wildman–Crippen LogP) is 1.64. The first-order chi connectivity index (χ1) is 10.1. The van der Waals surface area contributed by atoms with Crippen LogP contribution in [0.3, 0.4) is 0 Å².